The molecule has 0 radical (unpaired) electrons. The Balaban J connectivity index is 1.35. The number of amides is 3. The number of methoxy groups -OCH3 is 1. The number of sulfonamides is 1. The number of rotatable bonds is 20. The minimum absolute atomic E-state index is 0.0490. The van der Waals surface area contributed by atoms with Crippen LogP contribution >= 0.6 is 11.8 Å². The topological polar surface area (TPSA) is 153 Å². The highest BCUT2D eigenvalue weighted by Gasteiger charge is 2.55. The largest absolute Gasteiger partial charge is 0.497 e. The number of cyclic esters (lactones) is 1. The number of carbonyl (C=O) groups excluding carboxylic acids is 3. The van der Waals surface area contributed by atoms with Crippen LogP contribution in [0.1, 0.15) is 82.4 Å². The number of aliphatic imine (C=N–C) groups is 1. The lowest BCUT2D eigenvalue weighted by Gasteiger charge is -2.35. The van der Waals surface area contributed by atoms with Gasteiger partial charge in [-0.2, -0.15) is 0 Å². The van der Waals surface area contributed by atoms with Crippen molar-refractivity contribution in [2.45, 2.75) is 113 Å². The summed E-state index contributed by atoms with van der Waals surface area (Å²) in [4.78, 5) is 49.4. The summed E-state index contributed by atoms with van der Waals surface area (Å²) in [6.07, 6.45) is 5.81. The SMILES string of the molecule is CCCCCCCCOc1ccc(C)cc1Sc1ccc(OC)cc1NC(=O)C(C1=Nc2ccccc2S(=O)(=O)N1CCCOc1ccc(C)cc1C)N1C(=O)OC(C)(C)C1=O. The molecule has 6 rings (SSSR count). The molecule has 0 saturated carbocycles. The van der Waals surface area contributed by atoms with Crippen LogP contribution in [-0.2, 0) is 24.3 Å². The Morgan fingerprint density at radius 2 is 1.52 bits per heavy atom. The van der Waals surface area contributed by atoms with Crippen molar-refractivity contribution in [3.05, 3.63) is 95.6 Å². The third-order valence-electron chi connectivity index (χ3n) is 10.6. The minimum Gasteiger partial charge on any atom is -0.497 e. The second-order valence-electron chi connectivity index (χ2n) is 16.0. The van der Waals surface area contributed by atoms with Gasteiger partial charge in [0, 0.05) is 23.9 Å². The Morgan fingerprint density at radius 1 is 0.839 bits per heavy atom. The van der Waals surface area contributed by atoms with E-state index in [-0.39, 0.29) is 41.7 Å². The minimum atomic E-state index is -4.38. The Hall–Kier alpha value is -5.54. The van der Waals surface area contributed by atoms with Crippen LogP contribution in [0.2, 0.25) is 0 Å². The molecule has 4 aromatic rings. The van der Waals surface area contributed by atoms with Crippen LogP contribution in [0.3, 0.4) is 0 Å². The van der Waals surface area contributed by atoms with E-state index in [4.69, 9.17) is 23.9 Å². The first kappa shape index (κ1) is 46.0. The summed E-state index contributed by atoms with van der Waals surface area (Å²) >= 11 is 1.36. The van der Waals surface area contributed by atoms with Crippen molar-refractivity contribution in [3.8, 4) is 17.2 Å². The molecule has 2 heterocycles. The molecule has 1 unspecified atom stereocenters. The third-order valence-corrected chi connectivity index (χ3v) is 13.5. The fourth-order valence-corrected chi connectivity index (χ4v) is 9.94. The number of ether oxygens (including phenoxy) is 4. The van der Waals surface area contributed by atoms with Crippen LogP contribution in [0.25, 0.3) is 0 Å². The summed E-state index contributed by atoms with van der Waals surface area (Å²) in [5.41, 5.74) is 1.67. The summed E-state index contributed by atoms with van der Waals surface area (Å²) in [5, 5.41) is 2.92. The predicted octanol–water partition coefficient (Wildman–Crippen LogP) is 9.78. The number of amidine groups is 1. The molecule has 2 aliphatic rings. The van der Waals surface area contributed by atoms with Crippen molar-refractivity contribution in [2.24, 2.45) is 4.99 Å². The van der Waals surface area contributed by atoms with Crippen LogP contribution in [0.5, 0.6) is 17.2 Å². The van der Waals surface area contributed by atoms with Crippen molar-refractivity contribution in [1.29, 1.82) is 0 Å². The molecule has 1 fully saturated rings. The summed E-state index contributed by atoms with van der Waals surface area (Å²) < 4.78 is 53.4. The molecule has 1 saturated heterocycles. The van der Waals surface area contributed by atoms with Gasteiger partial charge in [-0.05, 0) is 94.6 Å². The van der Waals surface area contributed by atoms with Crippen molar-refractivity contribution >= 4 is 56.9 Å². The number of nitrogens with one attached hydrogen (secondary N) is 1. The third kappa shape index (κ3) is 10.6. The molecule has 330 valence electrons. The molecular formula is C47H56N4O9S2. The Kier molecular flexibility index (Phi) is 14.9. The number of carbonyl (C=O) groups is 3. The van der Waals surface area contributed by atoms with Crippen molar-refractivity contribution < 1.29 is 41.7 Å². The molecule has 1 N–H and O–H groups in total. The fourth-order valence-electron chi connectivity index (χ4n) is 7.25. The van der Waals surface area contributed by atoms with Gasteiger partial charge in [-0.15, -0.1) is 0 Å². The van der Waals surface area contributed by atoms with Crippen molar-refractivity contribution in [2.75, 3.05) is 32.2 Å². The van der Waals surface area contributed by atoms with Crippen LogP contribution in [-0.4, -0.2) is 79.9 Å². The zero-order chi connectivity index (χ0) is 44.6. The van der Waals surface area contributed by atoms with Gasteiger partial charge >= 0.3 is 6.09 Å². The van der Waals surface area contributed by atoms with E-state index in [9.17, 15) is 18.0 Å². The average molecular weight is 885 g/mol. The summed E-state index contributed by atoms with van der Waals surface area (Å²) in [7, 11) is -2.89. The highest BCUT2D eigenvalue weighted by atomic mass is 32.2. The number of nitrogens with zero attached hydrogens (tertiary/aromatic N) is 3. The maximum absolute atomic E-state index is 15.0. The molecular weight excluding hydrogens is 829 g/mol. The van der Waals surface area contributed by atoms with E-state index in [1.165, 1.54) is 64.1 Å². The van der Waals surface area contributed by atoms with Crippen LogP contribution in [0, 0.1) is 20.8 Å². The quantitative estimate of drug-likeness (QED) is 0.0849. The molecule has 0 aliphatic carbocycles. The van der Waals surface area contributed by atoms with Crippen LogP contribution in [0.4, 0.5) is 16.2 Å². The van der Waals surface area contributed by atoms with Gasteiger partial charge in [-0.1, -0.05) is 86.7 Å². The van der Waals surface area contributed by atoms with Crippen LogP contribution in [0.15, 0.2) is 98.5 Å². The molecule has 0 spiro atoms. The molecule has 15 heteroatoms. The Bertz CT molecular complexity index is 2440. The highest BCUT2D eigenvalue weighted by molar-refractivity contribution is 7.99. The number of benzene rings is 4. The van der Waals surface area contributed by atoms with E-state index >= 15 is 4.79 Å². The Labute approximate surface area is 369 Å². The van der Waals surface area contributed by atoms with Gasteiger partial charge in [0.05, 0.1) is 36.6 Å². The first-order valence-corrected chi connectivity index (χ1v) is 23.3. The number of anilines is 1. The van der Waals surface area contributed by atoms with Gasteiger partial charge < -0.3 is 24.3 Å². The smallest absolute Gasteiger partial charge is 0.418 e. The molecule has 1 atom stereocenters. The lowest BCUT2D eigenvalue weighted by Crippen LogP contribution is -2.59. The number of para-hydroxylation sites is 1. The molecule has 2 aliphatic heterocycles. The van der Waals surface area contributed by atoms with Crippen LogP contribution < -0.4 is 19.5 Å². The summed E-state index contributed by atoms with van der Waals surface area (Å²) in [5.74, 6) is -0.346. The lowest BCUT2D eigenvalue weighted by molar-refractivity contribution is -0.137. The monoisotopic (exact) mass is 884 g/mol. The zero-order valence-electron chi connectivity index (χ0n) is 36.5. The second kappa shape index (κ2) is 20.1. The standard InChI is InChI=1S/C47H56N4O9S2/c1-8-9-10-11-12-15-26-59-38-23-20-32(3)29-40(38)61-39-24-21-34(57-7)30-36(39)49-44(52)42(51-45(53)47(5,6)60-46(51)54)43-48-35-17-13-14-18-41(35)62(55,56)50(43)25-16-27-58-37-22-19-31(2)28-33(37)4/h13-14,17-24,28-30,42H,8-12,15-16,25-27H2,1-7H3,(H,49,52). The number of imide groups is 1. The van der Waals surface area contributed by atoms with E-state index in [1.807, 2.05) is 57.2 Å². The van der Waals surface area contributed by atoms with Gasteiger partial charge in [0.15, 0.2) is 17.5 Å². The molecule has 0 bridgehead atoms. The molecule has 62 heavy (non-hydrogen) atoms. The lowest BCUT2D eigenvalue weighted by atomic mass is 10.1. The van der Waals surface area contributed by atoms with Gasteiger partial charge in [0.25, 0.3) is 21.8 Å². The number of hydrogen-bond acceptors (Lipinski definition) is 11. The molecule has 13 nitrogen and oxygen atoms in total. The zero-order valence-corrected chi connectivity index (χ0v) is 38.1. The van der Waals surface area contributed by atoms with E-state index in [0.29, 0.717) is 33.7 Å². The van der Waals surface area contributed by atoms with Gasteiger partial charge in [0.1, 0.15) is 22.1 Å². The number of hydrogen-bond donors (Lipinski definition) is 1. The highest BCUT2D eigenvalue weighted by Crippen LogP contribution is 2.42. The number of fused-ring (bicyclic) bond motifs is 1. The van der Waals surface area contributed by atoms with E-state index < -0.39 is 39.6 Å². The Morgan fingerprint density at radius 3 is 2.23 bits per heavy atom. The number of unbranched alkanes of at least 4 members (excludes halogenated alkanes) is 5. The second-order valence-corrected chi connectivity index (χ2v) is 18.9. The normalized spacial score (nSPS) is 15.7. The summed E-state index contributed by atoms with van der Waals surface area (Å²) in [6.45, 7) is 11.4. The maximum Gasteiger partial charge on any atom is 0.418 e. The molecule has 3 amide bonds. The van der Waals surface area contributed by atoms with Gasteiger partial charge in [0.2, 0.25) is 0 Å². The predicted molar refractivity (Wildman–Crippen MR) is 240 cm³/mol. The van der Waals surface area contributed by atoms with Crippen molar-refractivity contribution in [3.63, 3.8) is 0 Å². The number of aryl methyl sites for hydroxylation is 3. The molecule has 0 aromatic heterocycles. The fraction of sp³-hybridized carbons (Fsp3) is 0.404. The van der Waals surface area contributed by atoms with E-state index in [1.54, 1.807) is 30.3 Å². The van der Waals surface area contributed by atoms with E-state index in [0.717, 1.165) is 45.2 Å². The average Bonchev–Trinajstić information content (AvgIpc) is 3.43. The maximum atomic E-state index is 15.0. The van der Waals surface area contributed by atoms with Gasteiger partial charge in [-0.25, -0.2) is 23.1 Å². The molecule has 4 aromatic carbocycles. The first-order valence-electron chi connectivity index (χ1n) is 21.0. The summed E-state index contributed by atoms with van der Waals surface area (Å²) in [6, 6.07) is 21.1. The van der Waals surface area contributed by atoms with E-state index in [2.05, 4.69) is 12.2 Å². The first-order chi connectivity index (χ1) is 29.6. The van der Waals surface area contributed by atoms with Gasteiger partial charge in [-0.3, -0.25) is 13.9 Å². The van der Waals surface area contributed by atoms with Crippen molar-refractivity contribution in [1.82, 2.24) is 9.21 Å².